The normalized spacial score (nSPS) is 23.0. The van der Waals surface area contributed by atoms with Crippen LogP contribution in [0.4, 0.5) is 0 Å². The number of aliphatic hydroxyl groups is 1. The molecule has 1 N–H and O–H groups in total. The van der Waals surface area contributed by atoms with Gasteiger partial charge in [-0.25, -0.2) is 8.42 Å². The fourth-order valence-electron chi connectivity index (χ4n) is 2.42. The summed E-state index contributed by atoms with van der Waals surface area (Å²) in [6, 6.07) is 3.99. The van der Waals surface area contributed by atoms with E-state index < -0.39 is 16.1 Å². The quantitative estimate of drug-likeness (QED) is 0.834. The predicted octanol–water partition coefficient (Wildman–Crippen LogP) is -0.160. The molecular formula is C13H17NO6S. The molecule has 2 aliphatic heterocycles. The van der Waals surface area contributed by atoms with Crippen LogP contribution in [0.3, 0.4) is 0 Å². The van der Waals surface area contributed by atoms with Gasteiger partial charge in [0, 0.05) is 12.6 Å². The molecule has 0 bridgehead atoms. The Morgan fingerprint density at radius 1 is 1.19 bits per heavy atom. The Balaban J connectivity index is 1.94. The fourth-order valence-corrected chi connectivity index (χ4v) is 4.02. The van der Waals surface area contributed by atoms with Crippen molar-refractivity contribution in [2.75, 3.05) is 39.6 Å². The molecule has 0 amide bonds. The molecule has 0 radical (unpaired) electrons. The zero-order valence-electron chi connectivity index (χ0n) is 11.4. The summed E-state index contributed by atoms with van der Waals surface area (Å²) in [7, 11) is -3.70. The molecule has 116 valence electrons. The fraction of sp³-hybridized carbons (Fsp3) is 0.538. The zero-order chi connectivity index (χ0) is 14.9. The van der Waals surface area contributed by atoms with E-state index in [1.165, 1.54) is 16.4 Å². The highest BCUT2D eigenvalue weighted by molar-refractivity contribution is 7.89. The van der Waals surface area contributed by atoms with Crippen LogP contribution in [0.5, 0.6) is 11.5 Å². The van der Waals surface area contributed by atoms with Crippen LogP contribution < -0.4 is 9.47 Å². The molecule has 21 heavy (non-hydrogen) atoms. The predicted molar refractivity (Wildman–Crippen MR) is 73.0 cm³/mol. The van der Waals surface area contributed by atoms with Crippen LogP contribution in [0.2, 0.25) is 0 Å². The summed E-state index contributed by atoms with van der Waals surface area (Å²) in [5, 5.41) is 9.33. The first kappa shape index (κ1) is 14.6. The molecule has 0 aromatic heterocycles. The number of hydrogen-bond acceptors (Lipinski definition) is 6. The Morgan fingerprint density at radius 3 is 2.71 bits per heavy atom. The minimum atomic E-state index is -3.70. The van der Waals surface area contributed by atoms with Crippen molar-refractivity contribution in [2.45, 2.75) is 10.9 Å². The van der Waals surface area contributed by atoms with Gasteiger partial charge in [-0.1, -0.05) is 0 Å². The Bertz CT molecular complexity index is 617. The average Bonchev–Trinajstić information content (AvgIpc) is 2.54. The highest BCUT2D eigenvalue weighted by Crippen LogP contribution is 2.33. The Kier molecular flexibility index (Phi) is 4.03. The number of nitrogens with zero attached hydrogens (tertiary/aromatic N) is 1. The molecule has 1 fully saturated rings. The van der Waals surface area contributed by atoms with Gasteiger partial charge in [0.2, 0.25) is 10.0 Å². The van der Waals surface area contributed by atoms with Crippen LogP contribution in [0.25, 0.3) is 0 Å². The maximum Gasteiger partial charge on any atom is 0.243 e. The van der Waals surface area contributed by atoms with E-state index in [1.807, 2.05) is 0 Å². The molecule has 1 saturated heterocycles. The molecular weight excluding hydrogens is 298 g/mol. The van der Waals surface area contributed by atoms with Crippen molar-refractivity contribution in [1.82, 2.24) is 4.31 Å². The lowest BCUT2D eigenvalue weighted by Gasteiger charge is -2.33. The maximum absolute atomic E-state index is 12.7. The van der Waals surface area contributed by atoms with E-state index in [9.17, 15) is 13.5 Å². The van der Waals surface area contributed by atoms with Gasteiger partial charge in [0.15, 0.2) is 11.5 Å². The minimum Gasteiger partial charge on any atom is -0.486 e. The SMILES string of the molecule is O=S(=O)(c1ccc2c(c1)OCCO2)N1CCOCC1CO. The van der Waals surface area contributed by atoms with Crippen molar-refractivity contribution in [3.05, 3.63) is 18.2 Å². The number of rotatable bonds is 3. The minimum absolute atomic E-state index is 0.132. The topological polar surface area (TPSA) is 85.3 Å². The first-order valence-electron chi connectivity index (χ1n) is 6.73. The molecule has 0 saturated carbocycles. The van der Waals surface area contributed by atoms with Crippen LogP contribution in [0.15, 0.2) is 23.1 Å². The lowest BCUT2D eigenvalue weighted by Crippen LogP contribution is -2.50. The van der Waals surface area contributed by atoms with Gasteiger partial charge in [0.1, 0.15) is 13.2 Å². The number of hydrogen-bond donors (Lipinski definition) is 1. The number of fused-ring (bicyclic) bond motifs is 1. The highest BCUT2D eigenvalue weighted by atomic mass is 32.2. The summed E-state index contributed by atoms with van der Waals surface area (Å²) in [6.07, 6.45) is 0. The summed E-state index contributed by atoms with van der Waals surface area (Å²) < 4.78 is 42.7. The van der Waals surface area contributed by atoms with Gasteiger partial charge in [-0.05, 0) is 12.1 Å². The van der Waals surface area contributed by atoms with Crippen LogP contribution in [-0.4, -0.2) is 63.5 Å². The lowest BCUT2D eigenvalue weighted by molar-refractivity contribution is 0.0109. The van der Waals surface area contributed by atoms with Gasteiger partial charge in [0.25, 0.3) is 0 Å². The third kappa shape index (κ3) is 2.71. The summed E-state index contributed by atoms with van der Waals surface area (Å²) in [6.45, 7) is 1.31. The van der Waals surface area contributed by atoms with E-state index in [1.54, 1.807) is 6.07 Å². The maximum atomic E-state index is 12.7. The highest BCUT2D eigenvalue weighted by Gasteiger charge is 2.34. The number of ether oxygens (including phenoxy) is 3. The first-order valence-corrected chi connectivity index (χ1v) is 8.17. The summed E-state index contributed by atoms with van der Waals surface area (Å²) in [5.41, 5.74) is 0. The van der Waals surface area contributed by atoms with E-state index >= 15 is 0 Å². The smallest absolute Gasteiger partial charge is 0.243 e. The molecule has 1 aromatic carbocycles. The van der Waals surface area contributed by atoms with Crippen LogP contribution >= 0.6 is 0 Å². The average molecular weight is 315 g/mol. The van der Waals surface area contributed by atoms with Crippen molar-refractivity contribution in [3.63, 3.8) is 0 Å². The molecule has 3 rings (SSSR count). The van der Waals surface area contributed by atoms with E-state index in [2.05, 4.69) is 0 Å². The summed E-state index contributed by atoms with van der Waals surface area (Å²) in [5.74, 6) is 0.969. The van der Waals surface area contributed by atoms with E-state index in [0.29, 0.717) is 31.3 Å². The van der Waals surface area contributed by atoms with Crippen molar-refractivity contribution < 1.29 is 27.7 Å². The standard InChI is InChI=1S/C13H17NO6S/c15-8-10-9-18-4-3-14(10)21(16,17)11-1-2-12-13(7-11)20-6-5-19-12/h1-2,7,10,15H,3-6,8-9H2. The molecule has 2 aliphatic rings. The molecule has 8 heteroatoms. The van der Waals surface area contributed by atoms with Crippen LogP contribution in [0.1, 0.15) is 0 Å². The van der Waals surface area contributed by atoms with Crippen LogP contribution in [-0.2, 0) is 14.8 Å². The van der Waals surface area contributed by atoms with Gasteiger partial charge in [-0.2, -0.15) is 4.31 Å². The van der Waals surface area contributed by atoms with Gasteiger partial charge < -0.3 is 19.3 Å². The van der Waals surface area contributed by atoms with Gasteiger partial charge in [-0.15, -0.1) is 0 Å². The monoisotopic (exact) mass is 315 g/mol. The molecule has 1 aromatic rings. The zero-order valence-corrected chi connectivity index (χ0v) is 12.2. The Hall–Kier alpha value is -1.35. The van der Waals surface area contributed by atoms with Crippen molar-refractivity contribution in [3.8, 4) is 11.5 Å². The third-order valence-electron chi connectivity index (χ3n) is 3.50. The number of aliphatic hydroxyl groups excluding tert-OH is 1. The van der Waals surface area contributed by atoms with Crippen molar-refractivity contribution >= 4 is 10.0 Å². The third-order valence-corrected chi connectivity index (χ3v) is 5.45. The van der Waals surface area contributed by atoms with E-state index in [4.69, 9.17) is 14.2 Å². The summed E-state index contributed by atoms with van der Waals surface area (Å²) in [4.78, 5) is 0.132. The van der Waals surface area contributed by atoms with Gasteiger partial charge in [-0.3, -0.25) is 0 Å². The van der Waals surface area contributed by atoms with E-state index in [0.717, 1.165) is 0 Å². The Labute approximate surface area is 123 Å². The molecule has 7 nitrogen and oxygen atoms in total. The second-order valence-corrected chi connectivity index (χ2v) is 6.72. The number of sulfonamides is 1. The Morgan fingerprint density at radius 2 is 1.95 bits per heavy atom. The largest absolute Gasteiger partial charge is 0.486 e. The molecule has 0 aliphatic carbocycles. The van der Waals surface area contributed by atoms with E-state index in [-0.39, 0.29) is 24.7 Å². The molecule has 0 spiro atoms. The summed E-state index contributed by atoms with van der Waals surface area (Å²) >= 11 is 0. The first-order chi connectivity index (χ1) is 10.1. The van der Waals surface area contributed by atoms with Gasteiger partial charge >= 0.3 is 0 Å². The molecule has 1 unspecified atom stereocenters. The van der Waals surface area contributed by atoms with Crippen molar-refractivity contribution in [1.29, 1.82) is 0 Å². The second-order valence-electron chi connectivity index (χ2n) is 4.83. The molecule has 2 heterocycles. The van der Waals surface area contributed by atoms with Crippen LogP contribution in [0, 0.1) is 0 Å². The molecule has 1 atom stereocenters. The lowest BCUT2D eigenvalue weighted by atomic mass is 10.3. The second kappa shape index (κ2) is 5.80. The number of benzene rings is 1. The van der Waals surface area contributed by atoms with Gasteiger partial charge in [0.05, 0.1) is 30.8 Å². The van der Waals surface area contributed by atoms with Crippen molar-refractivity contribution in [2.24, 2.45) is 0 Å². The number of morpholine rings is 1.